The standard InChI is InChI=1S/C17H26N4S2/c1-11-7-4-5-10-14(11)18-16(22)20-21-17(23)19-15-12(2)8-6-9-13(15)3/h6,8-9,11,14H,4-5,7,10H2,1-3H3,(H2,18,20,22)(H2,19,21,23)/t11-,14+/m0/s1. The second-order valence-electron chi connectivity index (χ2n) is 6.31. The fourth-order valence-electron chi connectivity index (χ4n) is 3.01. The van der Waals surface area contributed by atoms with Gasteiger partial charge in [0.1, 0.15) is 0 Å². The van der Waals surface area contributed by atoms with E-state index >= 15 is 0 Å². The van der Waals surface area contributed by atoms with Crippen LogP contribution in [0.1, 0.15) is 43.7 Å². The predicted octanol–water partition coefficient (Wildman–Crippen LogP) is 3.55. The van der Waals surface area contributed by atoms with Crippen molar-refractivity contribution in [1.82, 2.24) is 16.2 Å². The van der Waals surface area contributed by atoms with Crippen LogP contribution in [0.2, 0.25) is 0 Å². The first-order valence-electron chi connectivity index (χ1n) is 8.17. The number of benzene rings is 1. The molecule has 4 N–H and O–H groups in total. The molecule has 23 heavy (non-hydrogen) atoms. The quantitative estimate of drug-likeness (QED) is 0.483. The molecule has 0 spiro atoms. The molecule has 1 aromatic rings. The molecule has 0 radical (unpaired) electrons. The van der Waals surface area contributed by atoms with Crippen molar-refractivity contribution >= 4 is 40.3 Å². The van der Waals surface area contributed by atoms with Crippen molar-refractivity contribution in [2.75, 3.05) is 5.32 Å². The summed E-state index contributed by atoms with van der Waals surface area (Å²) < 4.78 is 0. The van der Waals surface area contributed by atoms with Gasteiger partial charge in [0, 0.05) is 11.7 Å². The zero-order valence-corrected chi connectivity index (χ0v) is 15.7. The van der Waals surface area contributed by atoms with Crippen LogP contribution in [-0.4, -0.2) is 16.3 Å². The van der Waals surface area contributed by atoms with E-state index in [1.165, 1.54) is 25.7 Å². The topological polar surface area (TPSA) is 48.1 Å². The third kappa shape index (κ3) is 5.32. The first-order valence-corrected chi connectivity index (χ1v) is 8.98. The van der Waals surface area contributed by atoms with Crippen molar-refractivity contribution in [3.63, 3.8) is 0 Å². The Morgan fingerprint density at radius 1 is 1.00 bits per heavy atom. The lowest BCUT2D eigenvalue weighted by atomic mass is 9.86. The number of aryl methyl sites for hydroxylation is 2. The van der Waals surface area contributed by atoms with E-state index in [2.05, 4.69) is 54.4 Å². The third-order valence-electron chi connectivity index (χ3n) is 4.44. The summed E-state index contributed by atoms with van der Waals surface area (Å²) in [6.07, 6.45) is 5.03. The zero-order chi connectivity index (χ0) is 16.8. The summed E-state index contributed by atoms with van der Waals surface area (Å²) >= 11 is 10.7. The summed E-state index contributed by atoms with van der Waals surface area (Å²) in [7, 11) is 0. The van der Waals surface area contributed by atoms with Gasteiger partial charge in [-0.25, -0.2) is 0 Å². The molecule has 1 aromatic carbocycles. The Morgan fingerprint density at radius 3 is 2.26 bits per heavy atom. The van der Waals surface area contributed by atoms with Crippen LogP contribution in [-0.2, 0) is 0 Å². The predicted molar refractivity (Wildman–Crippen MR) is 106 cm³/mol. The van der Waals surface area contributed by atoms with Crippen molar-refractivity contribution in [2.45, 2.75) is 52.5 Å². The van der Waals surface area contributed by atoms with Crippen LogP contribution in [0, 0.1) is 19.8 Å². The van der Waals surface area contributed by atoms with Crippen LogP contribution in [0.5, 0.6) is 0 Å². The highest BCUT2D eigenvalue weighted by atomic mass is 32.1. The minimum atomic E-state index is 0.450. The Labute approximate surface area is 149 Å². The molecule has 0 aromatic heterocycles. The van der Waals surface area contributed by atoms with Gasteiger partial charge >= 0.3 is 0 Å². The fourth-order valence-corrected chi connectivity index (χ4v) is 3.36. The van der Waals surface area contributed by atoms with E-state index in [1.54, 1.807) is 0 Å². The molecule has 1 saturated carbocycles. The molecule has 0 aliphatic heterocycles. The van der Waals surface area contributed by atoms with Crippen LogP contribution in [0.4, 0.5) is 5.69 Å². The number of para-hydroxylation sites is 1. The van der Waals surface area contributed by atoms with Crippen LogP contribution in [0.3, 0.4) is 0 Å². The Morgan fingerprint density at radius 2 is 1.61 bits per heavy atom. The van der Waals surface area contributed by atoms with Gasteiger partial charge in [-0.1, -0.05) is 38.0 Å². The molecule has 0 unspecified atom stereocenters. The fraction of sp³-hybridized carbons (Fsp3) is 0.529. The Kier molecular flexibility index (Phi) is 6.59. The SMILES string of the molecule is Cc1cccc(C)c1NC(=S)NNC(=S)N[C@@H]1CCCC[C@@H]1C. The van der Waals surface area contributed by atoms with Gasteiger partial charge in [0.2, 0.25) is 0 Å². The van der Waals surface area contributed by atoms with Gasteiger partial charge in [0.15, 0.2) is 10.2 Å². The summed E-state index contributed by atoms with van der Waals surface area (Å²) in [5.41, 5.74) is 9.28. The molecule has 0 bridgehead atoms. The molecule has 0 heterocycles. The molecule has 0 saturated heterocycles. The van der Waals surface area contributed by atoms with Gasteiger partial charge in [0.05, 0.1) is 0 Å². The number of nitrogens with one attached hydrogen (secondary N) is 4. The van der Waals surface area contributed by atoms with E-state index in [0.29, 0.717) is 22.2 Å². The summed E-state index contributed by atoms with van der Waals surface area (Å²) in [5, 5.41) is 7.69. The number of thiocarbonyl (C=S) groups is 2. The molecule has 1 fully saturated rings. The summed E-state index contributed by atoms with van der Waals surface area (Å²) in [4.78, 5) is 0. The highest BCUT2D eigenvalue weighted by Gasteiger charge is 2.21. The molecular weight excluding hydrogens is 324 g/mol. The van der Waals surface area contributed by atoms with Crippen molar-refractivity contribution in [2.24, 2.45) is 5.92 Å². The first kappa shape index (κ1) is 17.9. The van der Waals surface area contributed by atoms with Gasteiger partial charge in [-0.3, -0.25) is 10.9 Å². The van der Waals surface area contributed by atoms with Crippen molar-refractivity contribution < 1.29 is 0 Å². The third-order valence-corrected chi connectivity index (χ3v) is 4.86. The van der Waals surface area contributed by atoms with Gasteiger partial charge in [0.25, 0.3) is 0 Å². The lowest BCUT2D eigenvalue weighted by Crippen LogP contribution is -2.52. The lowest BCUT2D eigenvalue weighted by Gasteiger charge is -2.30. The second kappa shape index (κ2) is 8.45. The largest absolute Gasteiger partial charge is 0.358 e. The molecule has 2 atom stereocenters. The molecular formula is C17H26N4S2. The maximum absolute atomic E-state index is 5.35. The minimum absolute atomic E-state index is 0.450. The van der Waals surface area contributed by atoms with Gasteiger partial charge in [-0.05, 0) is 68.2 Å². The van der Waals surface area contributed by atoms with Gasteiger partial charge in [-0.15, -0.1) is 0 Å². The van der Waals surface area contributed by atoms with Crippen molar-refractivity contribution in [3.8, 4) is 0 Å². The number of anilines is 1. The molecule has 126 valence electrons. The monoisotopic (exact) mass is 350 g/mol. The molecule has 0 amide bonds. The molecule has 4 nitrogen and oxygen atoms in total. The van der Waals surface area contributed by atoms with Crippen LogP contribution >= 0.6 is 24.4 Å². The maximum atomic E-state index is 5.35. The number of rotatable bonds is 2. The van der Waals surface area contributed by atoms with E-state index in [0.717, 1.165) is 16.8 Å². The molecule has 1 aliphatic carbocycles. The van der Waals surface area contributed by atoms with Crippen LogP contribution in [0.15, 0.2) is 18.2 Å². The Bertz CT molecular complexity index is 553. The van der Waals surface area contributed by atoms with Crippen molar-refractivity contribution in [1.29, 1.82) is 0 Å². The summed E-state index contributed by atoms with van der Waals surface area (Å²) in [5.74, 6) is 0.656. The highest BCUT2D eigenvalue weighted by Crippen LogP contribution is 2.23. The van der Waals surface area contributed by atoms with E-state index < -0.39 is 0 Å². The smallest absolute Gasteiger partial charge is 0.189 e. The van der Waals surface area contributed by atoms with E-state index in [4.69, 9.17) is 24.4 Å². The van der Waals surface area contributed by atoms with E-state index in [9.17, 15) is 0 Å². The molecule has 1 aliphatic rings. The number of hydrogen-bond acceptors (Lipinski definition) is 2. The summed E-state index contributed by atoms with van der Waals surface area (Å²) in [6, 6.07) is 6.60. The Hall–Kier alpha value is -1.40. The number of hydrazine groups is 1. The van der Waals surface area contributed by atoms with Crippen LogP contribution < -0.4 is 21.5 Å². The number of hydrogen-bond donors (Lipinski definition) is 4. The lowest BCUT2D eigenvalue weighted by molar-refractivity contribution is 0.308. The van der Waals surface area contributed by atoms with Gasteiger partial charge < -0.3 is 10.6 Å². The van der Waals surface area contributed by atoms with E-state index in [-0.39, 0.29) is 0 Å². The van der Waals surface area contributed by atoms with E-state index in [1.807, 2.05) is 6.07 Å². The Balaban J connectivity index is 1.78. The molecule has 2 rings (SSSR count). The van der Waals surface area contributed by atoms with Crippen molar-refractivity contribution in [3.05, 3.63) is 29.3 Å². The average Bonchev–Trinajstić information content (AvgIpc) is 2.51. The first-order chi connectivity index (χ1) is 11.0. The normalized spacial score (nSPS) is 20.5. The average molecular weight is 351 g/mol. The second-order valence-corrected chi connectivity index (χ2v) is 7.13. The van der Waals surface area contributed by atoms with Gasteiger partial charge in [-0.2, -0.15) is 0 Å². The highest BCUT2D eigenvalue weighted by molar-refractivity contribution is 7.80. The maximum Gasteiger partial charge on any atom is 0.189 e. The van der Waals surface area contributed by atoms with Crippen LogP contribution in [0.25, 0.3) is 0 Å². The zero-order valence-electron chi connectivity index (χ0n) is 14.0. The molecule has 6 heteroatoms. The summed E-state index contributed by atoms with van der Waals surface area (Å²) in [6.45, 7) is 6.39. The minimum Gasteiger partial charge on any atom is -0.358 e.